The number of carbonyl (C=O) groups is 1. The Morgan fingerprint density at radius 2 is 1.96 bits per heavy atom. The standard InChI is InChI=1S/C18H26F3N5O.HI/c1-2-22-17(25-15-8-9-26(12-15)13-18(19,20)21)24-11-16(27)23-10-14-6-4-3-5-7-14;/h3-7,15H,2,8-13H2,1H3,(H,23,27)(H2,22,24,25);1H. The van der Waals surface area contributed by atoms with Crippen molar-refractivity contribution in [2.75, 3.05) is 32.7 Å². The zero-order valence-corrected chi connectivity index (χ0v) is 18.1. The van der Waals surface area contributed by atoms with Gasteiger partial charge in [0.2, 0.25) is 5.91 Å². The minimum Gasteiger partial charge on any atom is -0.357 e. The lowest BCUT2D eigenvalue weighted by Crippen LogP contribution is -2.45. The SMILES string of the molecule is CCNC(=NCC(=O)NCc1ccccc1)NC1CCN(CC(F)(F)F)C1.I. The third-order valence-electron chi connectivity index (χ3n) is 4.07. The van der Waals surface area contributed by atoms with Gasteiger partial charge in [-0.15, -0.1) is 24.0 Å². The number of alkyl halides is 3. The number of amides is 1. The van der Waals surface area contributed by atoms with Gasteiger partial charge in [-0.3, -0.25) is 9.69 Å². The predicted molar refractivity (Wildman–Crippen MR) is 114 cm³/mol. The van der Waals surface area contributed by atoms with Crippen LogP contribution in [0, 0.1) is 0 Å². The number of carbonyl (C=O) groups excluding carboxylic acids is 1. The topological polar surface area (TPSA) is 68.8 Å². The van der Waals surface area contributed by atoms with Crippen molar-refractivity contribution in [3.8, 4) is 0 Å². The van der Waals surface area contributed by atoms with Gasteiger partial charge in [-0.1, -0.05) is 30.3 Å². The van der Waals surface area contributed by atoms with Gasteiger partial charge in [0, 0.05) is 32.2 Å². The first-order valence-electron chi connectivity index (χ1n) is 9.00. The van der Waals surface area contributed by atoms with E-state index in [-0.39, 0.29) is 42.5 Å². The molecule has 10 heteroatoms. The van der Waals surface area contributed by atoms with Gasteiger partial charge in [0.1, 0.15) is 6.54 Å². The van der Waals surface area contributed by atoms with Gasteiger partial charge < -0.3 is 16.0 Å². The molecule has 1 atom stereocenters. The summed E-state index contributed by atoms with van der Waals surface area (Å²) in [5.74, 6) is 0.215. The van der Waals surface area contributed by atoms with Gasteiger partial charge in [0.15, 0.2) is 5.96 Å². The number of halogens is 4. The molecule has 1 unspecified atom stereocenters. The second-order valence-corrected chi connectivity index (χ2v) is 6.44. The first-order chi connectivity index (χ1) is 12.9. The largest absolute Gasteiger partial charge is 0.401 e. The monoisotopic (exact) mass is 513 g/mol. The fourth-order valence-corrected chi connectivity index (χ4v) is 2.86. The number of benzene rings is 1. The molecular formula is C18H27F3IN5O. The van der Waals surface area contributed by atoms with E-state index in [0.717, 1.165) is 5.56 Å². The van der Waals surface area contributed by atoms with E-state index in [1.165, 1.54) is 4.90 Å². The first kappa shape index (κ1) is 24.5. The van der Waals surface area contributed by atoms with Crippen molar-refractivity contribution in [1.82, 2.24) is 20.9 Å². The van der Waals surface area contributed by atoms with Crippen molar-refractivity contribution in [2.24, 2.45) is 4.99 Å². The molecule has 1 heterocycles. The molecule has 0 spiro atoms. The molecule has 1 saturated heterocycles. The summed E-state index contributed by atoms with van der Waals surface area (Å²) in [7, 11) is 0. The fraction of sp³-hybridized carbons (Fsp3) is 0.556. The van der Waals surface area contributed by atoms with Gasteiger partial charge in [-0.25, -0.2) is 4.99 Å². The van der Waals surface area contributed by atoms with E-state index in [2.05, 4.69) is 20.9 Å². The highest BCUT2D eigenvalue weighted by Crippen LogP contribution is 2.19. The summed E-state index contributed by atoms with van der Waals surface area (Å²) in [4.78, 5) is 17.6. The van der Waals surface area contributed by atoms with Crippen molar-refractivity contribution in [3.63, 3.8) is 0 Å². The number of likely N-dealkylation sites (tertiary alicyclic amines) is 1. The number of hydrogen-bond donors (Lipinski definition) is 3. The Hall–Kier alpha value is -1.56. The van der Waals surface area contributed by atoms with E-state index in [9.17, 15) is 18.0 Å². The smallest absolute Gasteiger partial charge is 0.357 e. The summed E-state index contributed by atoms with van der Waals surface area (Å²) in [5.41, 5.74) is 0.996. The van der Waals surface area contributed by atoms with Crippen molar-refractivity contribution in [3.05, 3.63) is 35.9 Å². The highest BCUT2D eigenvalue weighted by atomic mass is 127. The van der Waals surface area contributed by atoms with Crippen LogP contribution in [0.1, 0.15) is 18.9 Å². The minimum atomic E-state index is -4.19. The molecule has 1 aromatic carbocycles. The number of guanidine groups is 1. The van der Waals surface area contributed by atoms with Crippen LogP contribution in [0.25, 0.3) is 0 Å². The molecule has 6 nitrogen and oxygen atoms in total. The van der Waals surface area contributed by atoms with Crippen molar-refractivity contribution in [2.45, 2.75) is 32.1 Å². The molecule has 2 rings (SSSR count). The summed E-state index contributed by atoms with van der Waals surface area (Å²) in [6, 6.07) is 9.41. The van der Waals surface area contributed by atoms with Crippen LogP contribution in [0.5, 0.6) is 0 Å². The normalized spacial score (nSPS) is 17.7. The first-order valence-corrected chi connectivity index (χ1v) is 9.00. The summed E-state index contributed by atoms with van der Waals surface area (Å²) in [6.45, 7) is 2.63. The van der Waals surface area contributed by atoms with Crippen LogP contribution in [0.15, 0.2) is 35.3 Å². The number of rotatable bonds is 7. The molecule has 1 aromatic rings. The summed E-state index contributed by atoms with van der Waals surface area (Å²) in [6.07, 6.45) is -3.59. The molecule has 1 amide bonds. The fourth-order valence-electron chi connectivity index (χ4n) is 2.86. The number of nitrogens with zero attached hydrogens (tertiary/aromatic N) is 2. The second kappa shape index (κ2) is 12.1. The lowest BCUT2D eigenvalue weighted by molar-refractivity contribution is -0.143. The third kappa shape index (κ3) is 9.58. The molecule has 3 N–H and O–H groups in total. The summed E-state index contributed by atoms with van der Waals surface area (Å²) in [5, 5.41) is 8.92. The van der Waals surface area contributed by atoms with E-state index < -0.39 is 12.7 Å². The zero-order valence-electron chi connectivity index (χ0n) is 15.8. The Bertz CT molecular complexity index is 627. The van der Waals surface area contributed by atoms with E-state index >= 15 is 0 Å². The predicted octanol–water partition coefficient (Wildman–Crippen LogP) is 2.11. The quantitative estimate of drug-likeness (QED) is 0.297. The third-order valence-corrected chi connectivity index (χ3v) is 4.07. The summed E-state index contributed by atoms with van der Waals surface area (Å²) >= 11 is 0. The Balaban J connectivity index is 0.00000392. The van der Waals surface area contributed by atoms with E-state index in [1.807, 2.05) is 37.3 Å². The molecule has 0 aliphatic carbocycles. The Morgan fingerprint density at radius 1 is 1.25 bits per heavy atom. The maximum Gasteiger partial charge on any atom is 0.401 e. The van der Waals surface area contributed by atoms with Crippen molar-refractivity contribution in [1.29, 1.82) is 0 Å². The average molecular weight is 513 g/mol. The number of nitrogens with one attached hydrogen (secondary N) is 3. The Labute approximate surface area is 180 Å². The van der Waals surface area contributed by atoms with E-state index in [4.69, 9.17) is 0 Å². The lowest BCUT2D eigenvalue weighted by Gasteiger charge is -2.19. The number of aliphatic imine (C=N–C) groups is 1. The van der Waals surface area contributed by atoms with Gasteiger partial charge in [0.05, 0.1) is 6.54 Å². The molecule has 1 aliphatic rings. The molecule has 0 aromatic heterocycles. The molecule has 158 valence electrons. The Kier molecular flexibility index (Phi) is 10.6. The Morgan fingerprint density at radius 3 is 2.61 bits per heavy atom. The second-order valence-electron chi connectivity index (χ2n) is 6.44. The van der Waals surface area contributed by atoms with E-state index in [1.54, 1.807) is 0 Å². The average Bonchev–Trinajstić information content (AvgIpc) is 3.04. The highest BCUT2D eigenvalue weighted by molar-refractivity contribution is 14.0. The molecule has 1 aliphatic heterocycles. The maximum atomic E-state index is 12.5. The van der Waals surface area contributed by atoms with Crippen LogP contribution in [-0.4, -0.2) is 61.7 Å². The highest BCUT2D eigenvalue weighted by Gasteiger charge is 2.34. The number of hydrogen-bond acceptors (Lipinski definition) is 3. The minimum absolute atomic E-state index is 0. The molecule has 0 saturated carbocycles. The summed E-state index contributed by atoms with van der Waals surface area (Å²) < 4.78 is 37.4. The van der Waals surface area contributed by atoms with Crippen LogP contribution < -0.4 is 16.0 Å². The van der Waals surface area contributed by atoms with Crippen molar-refractivity contribution < 1.29 is 18.0 Å². The van der Waals surface area contributed by atoms with Gasteiger partial charge in [-0.05, 0) is 18.9 Å². The zero-order chi connectivity index (χ0) is 19.7. The lowest BCUT2D eigenvalue weighted by atomic mass is 10.2. The van der Waals surface area contributed by atoms with Gasteiger partial charge in [0.25, 0.3) is 0 Å². The van der Waals surface area contributed by atoms with Crippen LogP contribution in [-0.2, 0) is 11.3 Å². The van der Waals surface area contributed by atoms with Gasteiger partial charge in [-0.2, -0.15) is 13.2 Å². The van der Waals surface area contributed by atoms with Crippen LogP contribution >= 0.6 is 24.0 Å². The maximum absolute atomic E-state index is 12.5. The van der Waals surface area contributed by atoms with Crippen molar-refractivity contribution >= 4 is 35.8 Å². The van der Waals surface area contributed by atoms with Crippen LogP contribution in [0.3, 0.4) is 0 Å². The van der Waals surface area contributed by atoms with E-state index in [0.29, 0.717) is 38.6 Å². The van der Waals surface area contributed by atoms with Crippen LogP contribution in [0.2, 0.25) is 0 Å². The molecule has 0 radical (unpaired) electrons. The van der Waals surface area contributed by atoms with Crippen LogP contribution in [0.4, 0.5) is 13.2 Å². The molecule has 1 fully saturated rings. The molecule has 28 heavy (non-hydrogen) atoms. The van der Waals surface area contributed by atoms with Gasteiger partial charge >= 0.3 is 6.18 Å². The molecule has 0 bridgehead atoms. The molecular weight excluding hydrogens is 486 g/mol.